The molecule has 0 aliphatic carbocycles. The van der Waals surface area contributed by atoms with Crippen LogP contribution in [0.15, 0.2) is 18.2 Å². The maximum absolute atomic E-state index is 11.7. The minimum Gasteiger partial charge on any atom is -0.462 e. The number of benzene rings is 1. The summed E-state index contributed by atoms with van der Waals surface area (Å²) in [5, 5.41) is 3.15. The van der Waals surface area contributed by atoms with E-state index in [1.54, 1.807) is 39.3 Å². The van der Waals surface area contributed by atoms with Gasteiger partial charge in [0.05, 0.1) is 36.3 Å². The van der Waals surface area contributed by atoms with Crippen LogP contribution in [-0.4, -0.2) is 46.1 Å². The van der Waals surface area contributed by atoms with Crippen molar-refractivity contribution in [3.63, 3.8) is 0 Å². The highest BCUT2D eigenvalue weighted by atomic mass is 16.5. The lowest BCUT2D eigenvalue weighted by Crippen LogP contribution is -2.27. The molecule has 0 saturated heterocycles. The predicted octanol–water partition coefficient (Wildman–Crippen LogP) is 1.52. The largest absolute Gasteiger partial charge is 0.462 e. The van der Waals surface area contributed by atoms with Gasteiger partial charge in [0.25, 0.3) is 0 Å². The molecule has 1 aromatic carbocycles. The summed E-state index contributed by atoms with van der Waals surface area (Å²) in [6.45, 7) is 3.11. The fraction of sp³-hybridized carbons (Fsp3) is 0.500. The SMILES string of the molecule is CCOC(=O)c1ccc(N)c(NCC(COC)OC)c1. The van der Waals surface area contributed by atoms with Crippen LogP contribution < -0.4 is 11.1 Å². The Balaban J connectivity index is 2.73. The fourth-order valence-electron chi connectivity index (χ4n) is 1.67. The first-order chi connectivity index (χ1) is 9.62. The van der Waals surface area contributed by atoms with Crippen molar-refractivity contribution in [3.8, 4) is 0 Å². The molecular formula is C14H22N2O4. The van der Waals surface area contributed by atoms with Gasteiger partial charge >= 0.3 is 5.97 Å². The Kier molecular flexibility index (Phi) is 6.83. The highest BCUT2D eigenvalue weighted by Gasteiger charge is 2.11. The van der Waals surface area contributed by atoms with Crippen LogP contribution >= 0.6 is 0 Å². The summed E-state index contributed by atoms with van der Waals surface area (Å²) in [5.74, 6) is -0.365. The fourth-order valence-corrected chi connectivity index (χ4v) is 1.67. The quantitative estimate of drug-likeness (QED) is 0.555. The van der Waals surface area contributed by atoms with Gasteiger partial charge in [-0.2, -0.15) is 0 Å². The molecule has 0 spiro atoms. The number of nitrogens with one attached hydrogen (secondary N) is 1. The molecule has 3 N–H and O–H groups in total. The molecule has 0 radical (unpaired) electrons. The number of esters is 1. The molecule has 0 aliphatic heterocycles. The maximum Gasteiger partial charge on any atom is 0.338 e. The van der Waals surface area contributed by atoms with Crippen molar-refractivity contribution in [1.82, 2.24) is 0 Å². The van der Waals surface area contributed by atoms with Crippen molar-refractivity contribution < 1.29 is 19.0 Å². The number of anilines is 2. The second kappa shape index (κ2) is 8.39. The average molecular weight is 282 g/mol. The highest BCUT2D eigenvalue weighted by Crippen LogP contribution is 2.20. The average Bonchev–Trinajstić information content (AvgIpc) is 2.45. The van der Waals surface area contributed by atoms with Gasteiger partial charge in [0.15, 0.2) is 0 Å². The zero-order chi connectivity index (χ0) is 15.0. The van der Waals surface area contributed by atoms with Gasteiger partial charge in [-0.1, -0.05) is 0 Å². The lowest BCUT2D eigenvalue weighted by molar-refractivity contribution is 0.0366. The van der Waals surface area contributed by atoms with Crippen LogP contribution in [0.1, 0.15) is 17.3 Å². The monoisotopic (exact) mass is 282 g/mol. The van der Waals surface area contributed by atoms with Crippen molar-refractivity contribution in [2.75, 3.05) is 45.0 Å². The summed E-state index contributed by atoms with van der Waals surface area (Å²) in [6.07, 6.45) is -0.0920. The topological polar surface area (TPSA) is 82.8 Å². The molecule has 20 heavy (non-hydrogen) atoms. The number of rotatable bonds is 8. The van der Waals surface area contributed by atoms with E-state index in [-0.39, 0.29) is 12.1 Å². The Bertz CT molecular complexity index is 437. The van der Waals surface area contributed by atoms with E-state index in [2.05, 4.69) is 5.32 Å². The third kappa shape index (κ3) is 4.71. The van der Waals surface area contributed by atoms with E-state index in [0.717, 1.165) is 0 Å². The van der Waals surface area contributed by atoms with E-state index in [1.165, 1.54) is 0 Å². The molecule has 6 nitrogen and oxygen atoms in total. The molecule has 1 atom stereocenters. The van der Waals surface area contributed by atoms with E-state index in [1.807, 2.05) is 0 Å². The van der Waals surface area contributed by atoms with E-state index >= 15 is 0 Å². The highest BCUT2D eigenvalue weighted by molar-refractivity contribution is 5.92. The van der Waals surface area contributed by atoms with Crippen LogP contribution in [0.5, 0.6) is 0 Å². The molecule has 1 aromatic rings. The van der Waals surface area contributed by atoms with Gasteiger partial charge < -0.3 is 25.3 Å². The van der Waals surface area contributed by atoms with Crippen molar-refractivity contribution in [1.29, 1.82) is 0 Å². The van der Waals surface area contributed by atoms with E-state index in [4.69, 9.17) is 19.9 Å². The second-order valence-corrected chi connectivity index (χ2v) is 4.22. The Morgan fingerprint density at radius 1 is 1.40 bits per heavy atom. The first-order valence-electron chi connectivity index (χ1n) is 6.44. The molecule has 0 fully saturated rings. The second-order valence-electron chi connectivity index (χ2n) is 4.22. The van der Waals surface area contributed by atoms with Crippen molar-refractivity contribution >= 4 is 17.3 Å². The molecule has 1 rings (SSSR count). The van der Waals surface area contributed by atoms with Crippen LogP contribution in [0.25, 0.3) is 0 Å². The number of hydrogen-bond donors (Lipinski definition) is 2. The maximum atomic E-state index is 11.7. The van der Waals surface area contributed by atoms with Gasteiger partial charge in [0, 0.05) is 20.8 Å². The Morgan fingerprint density at radius 2 is 2.15 bits per heavy atom. The Morgan fingerprint density at radius 3 is 2.75 bits per heavy atom. The summed E-state index contributed by atoms with van der Waals surface area (Å²) in [5.41, 5.74) is 7.58. The number of methoxy groups -OCH3 is 2. The van der Waals surface area contributed by atoms with Gasteiger partial charge in [-0.05, 0) is 25.1 Å². The van der Waals surface area contributed by atoms with E-state index in [0.29, 0.717) is 36.7 Å². The van der Waals surface area contributed by atoms with E-state index in [9.17, 15) is 4.79 Å². The lowest BCUT2D eigenvalue weighted by atomic mass is 10.1. The number of ether oxygens (including phenoxy) is 3. The van der Waals surface area contributed by atoms with Crippen LogP contribution in [0.2, 0.25) is 0 Å². The third-order valence-electron chi connectivity index (χ3n) is 2.77. The molecular weight excluding hydrogens is 260 g/mol. The number of hydrogen-bond acceptors (Lipinski definition) is 6. The van der Waals surface area contributed by atoms with Crippen LogP contribution in [0.3, 0.4) is 0 Å². The van der Waals surface area contributed by atoms with Gasteiger partial charge in [0.2, 0.25) is 0 Å². The summed E-state index contributed by atoms with van der Waals surface area (Å²) < 4.78 is 15.2. The Labute approximate surface area is 119 Å². The minimum atomic E-state index is -0.365. The molecule has 0 bridgehead atoms. The smallest absolute Gasteiger partial charge is 0.338 e. The predicted molar refractivity (Wildman–Crippen MR) is 78.0 cm³/mol. The molecule has 0 saturated carbocycles. The van der Waals surface area contributed by atoms with Crippen LogP contribution in [0, 0.1) is 0 Å². The summed E-state index contributed by atoms with van der Waals surface area (Å²) in [7, 11) is 3.23. The summed E-state index contributed by atoms with van der Waals surface area (Å²) in [6, 6.07) is 4.99. The van der Waals surface area contributed by atoms with Crippen molar-refractivity contribution in [2.45, 2.75) is 13.0 Å². The molecule has 0 aromatic heterocycles. The molecule has 0 heterocycles. The molecule has 1 unspecified atom stereocenters. The Hall–Kier alpha value is -1.79. The first kappa shape index (κ1) is 16.3. The van der Waals surface area contributed by atoms with Gasteiger partial charge in [-0.15, -0.1) is 0 Å². The molecule has 6 heteroatoms. The van der Waals surface area contributed by atoms with Gasteiger partial charge in [-0.3, -0.25) is 0 Å². The van der Waals surface area contributed by atoms with Crippen LogP contribution in [0.4, 0.5) is 11.4 Å². The standard InChI is InChI=1S/C14H22N2O4/c1-4-20-14(17)10-5-6-12(15)13(7-10)16-8-11(19-3)9-18-2/h5-7,11,16H,4,8-9,15H2,1-3H3. The number of nitrogen functional groups attached to an aromatic ring is 1. The molecule has 0 aliphatic rings. The van der Waals surface area contributed by atoms with Crippen LogP contribution in [-0.2, 0) is 14.2 Å². The van der Waals surface area contributed by atoms with Gasteiger partial charge in [-0.25, -0.2) is 4.79 Å². The number of carbonyl (C=O) groups is 1. The van der Waals surface area contributed by atoms with Gasteiger partial charge in [0.1, 0.15) is 0 Å². The number of nitrogens with two attached hydrogens (primary N) is 1. The lowest BCUT2D eigenvalue weighted by Gasteiger charge is -2.17. The first-order valence-corrected chi connectivity index (χ1v) is 6.44. The molecule has 112 valence electrons. The number of carbonyl (C=O) groups excluding carboxylic acids is 1. The summed E-state index contributed by atoms with van der Waals surface area (Å²) in [4.78, 5) is 11.7. The third-order valence-corrected chi connectivity index (χ3v) is 2.77. The van der Waals surface area contributed by atoms with Crippen molar-refractivity contribution in [2.24, 2.45) is 0 Å². The zero-order valence-corrected chi connectivity index (χ0v) is 12.1. The normalized spacial score (nSPS) is 11.9. The van der Waals surface area contributed by atoms with E-state index < -0.39 is 0 Å². The summed E-state index contributed by atoms with van der Waals surface area (Å²) >= 11 is 0. The molecule has 0 amide bonds. The minimum absolute atomic E-state index is 0.0920. The van der Waals surface area contributed by atoms with Crippen molar-refractivity contribution in [3.05, 3.63) is 23.8 Å². The zero-order valence-electron chi connectivity index (χ0n) is 12.1.